The predicted octanol–water partition coefficient (Wildman–Crippen LogP) is 2.28. The minimum absolute atomic E-state index is 0.0563. The van der Waals surface area contributed by atoms with E-state index >= 15 is 0 Å². The quantitative estimate of drug-likeness (QED) is 0.808. The number of aromatic hydroxyl groups is 1. The summed E-state index contributed by atoms with van der Waals surface area (Å²) in [5.74, 6) is 0.604. The molecule has 0 saturated carbocycles. The van der Waals surface area contributed by atoms with Crippen LogP contribution in [-0.2, 0) is 11.3 Å². The highest BCUT2D eigenvalue weighted by Crippen LogP contribution is 2.26. The zero-order valence-corrected chi connectivity index (χ0v) is 11.5. The molecule has 100 valence electrons. The average Bonchev–Trinajstić information content (AvgIpc) is 2.36. The molecule has 0 fully saturated rings. The second kappa shape index (κ2) is 5.96. The number of phenols is 1. The van der Waals surface area contributed by atoms with Gasteiger partial charge in [-0.25, -0.2) is 0 Å². The van der Waals surface area contributed by atoms with Crippen molar-refractivity contribution in [1.82, 2.24) is 5.32 Å². The van der Waals surface area contributed by atoms with Gasteiger partial charge < -0.3 is 15.2 Å². The number of ether oxygens (including phenoxy) is 1. The van der Waals surface area contributed by atoms with Crippen molar-refractivity contribution in [3.63, 3.8) is 0 Å². The van der Waals surface area contributed by atoms with E-state index in [1.807, 2.05) is 0 Å². The van der Waals surface area contributed by atoms with Gasteiger partial charge in [-0.3, -0.25) is 4.79 Å². The van der Waals surface area contributed by atoms with Crippen LogP contribution in [0.15, 0.2) is 18.2 Å². The highest BCUT2D eigenvalue weighted by atomic mass is 35.5. The summed E-state index contributed by atoms with van der Waals surface area (Å²) in [6, 6.07) is 5.00. The van der Waals surface area contributed by atoms with Crippen molar-refractivity contribution in [3.05, 3.63) is 23.8 Å². The number of methoxy groups -OCH3 is 1. The molecule has 0 aromatic heterocycles. The number of alkyl halides is 1. The van der Waals surface area contributed by atoms with Crippen molar-refractivity contribution in [1.29, 1.82) is 0 Å². The summed E-state index contributed by atoms with van der Waals surface area (Å²) >= 11 is 5.72. The molecule has 5 heteroatoms. The molecule has 1 aromatic carbocycles. The SMILES string of the molecule is COc1ccc(CNC(=O)C(C)(C)CCl)cc1O. The fourth-order valence-electron chi connectivity index (χ4n) is 1.33. The maximum absolute atomic E-state index is 11.8. The van der Waals surface area contributed by atoms with Crippen molar-refractivity contribution >= 4 is 17.5 Å². The molecule has 0 heterocycles. The first kappa shape index (κ1) is 14.6. The van der Waals surface area contributed by atoms with Gasteiger partial charge in [-0.1, -0.05) is 6.07 Å². The average molecular weight is 272 g/mol. The van der Waals surface area contributed by atoms with E-state index in [0.717, 1.165) is 5.56 Å². The maximum atomic E-state index is 11.8. The van der Waals surface area contributed by atoms with Gasteiger partial charge in [0, 0.05) is 12.4 Å². The van der Waals surface area contributed by atoms with Crippen LogP contribution in [-0.4, -0.2) is 24.0 Å². The number of halogens is 1. The number of amides is 1. The second-order valence-corrected chi connectivity index (χ2v) is 4.97. The third-order valence-electron chi connectivity index (χ3n) is 2.65. The molecule has 2 N–H and O–H groups in total. The van der Waals surface area contributed by atoms with E-state index in [4.69, 9.17) is 16.3 Å². The molecule has 0 aliphatic heterocycles. The summed E-state index contributed by atoms with van der Waals surface area (Å²) in [6.07, 6.45) is 0. The van der Waals surface area contributed by atoms with Crippen molar-refractivity contribution in [2.24, 2.45) is 5.41 Å². The van der Waals surface area contributed by atoms with Gasteiger partial charge in [0.05, 0.1) is 12.5 Å². The highest BCUT2D eigenvalue weighted by molar-refractivity contribution is 6.19. The number of benzene rings is 1. The predicted molar refractivity (Wildman–Crippen MR) is 71.0 cm³/mol. The monoisotopic (exact) mass is 271 g/mol. The number of phenolic OH excluding ortho intramolecular Hbond substituents is 1. The summed E-state index contributed by atoms with van der Waals surface area (Å²) in [5, 5.41) is 12.4. The highest BCUT2D eigenvalue weighted by Gasteiger charge is 2.25. The molecule has 1 rings (SSSR count). The van der Waals surface area contributed by atoms with Crippen molar-refractivity contribution in [2.45, 2.75) is 20.4 Å². The third-order valence-corrected chi connectivity index (χ3v) is 3.31. The minimum Gasteiger partial charge on any atom is -0.504 e. The molecule has 0 atom stereocenters. The first-order chi connectivity index (χ1) is 8.40. The van der Waals surface area contributed by atoms with Gasteiger partial charge in [-0.15, -0.1) is 11.6 Å². The van der Waals surface area contributed by atoms with Crippen LogP contribution < -0.4 is 10.1 Å². The summed E-state index contributed by atoms with van der Waals surface area (Å²) in [7, 11) is 1.49. The zero-order chi connectivity index (χ0) is 13.8. The Hall–Kier alpha value is -1.42. The summed E-state index contributed by atoms with van der Waals surface area (Å²) < 4.78 is 4.94. The Morgan fingerprint density at radius 2 is 2.17 bits per heavy atom. The second-order valence-electron chi connectivity index (χ2n) is 4.71. The molecule has 1 amide bonds. The van der Waals surface area contributed by atoms with Crippen molar-refractivity contribution in [3.8, 4) is 11.5 Å². The van der Waals surface area contributed by atoms with Crippen molar-refractivity contribution < 1.29 is 14.6 Å². The van der Waals surface area contributed by atoms with Gasteiger partial charge in [0.2, 0.25) is 5.91 Å². The molecule has 18 heavy (non-hydrogen) atoms. The van der Waals surface area contributed by atoms with Gasteiger partial charge in [0.15, 0.2) is 11.5 Å². The number of nitrogens with one attached hydrogen (secondary N) is 1. The molecule has 0 unspecified atom stereocenters. The summed E-state index contributed by atoms with van der Waals surface area (Å²) in [6.45, 7) is 3.90. The largest absolute Gasteiger partial charge is 0.504 e. The van der Waals surface area contributed by atoms with Gasteiger partial charge in [-0.05, 0) is 31.5 Å². The van der Waals surface area contributed by atoms with E-state index < -0.39 is 5.41 Å². The fraction of sp³-hybridized carbons (Fsp3) is 0.462. The van der Waals surface area contributed by atoms with E-state index in [2.05, 4.69) is 5.32 Å². The van der Waals surface area contributed by atoms with Crippen LogP contribution in [0.4, 0.5) is 0 Å². The Morgan fingerprint density at radius 1 is 1.50 bits per heavy atom. The number of hydrogen-bond donors (Lipinski definition) is 2. The Bertz CT molecular complexity index is 432. The Balaban J connectivity index is 2.64. The number of carbonyl (C=O) groups excluding carboxylic acids is 1. The lowest BCUT2D eigenvalue weighted by atomic mass is 9.95. The molecule has 4 nitrogen and oxygen atoms in total. The molecular formula is C13H18ClNO3. The van der Waals surface area contributed by atoms with Crippen LogP contribution >= 0.6 is 11.6 Å². The third kappa shape index (κ3) is 3.53. The fourth-order valence-corrected chi connectivity index (χ4v) is 1.45. The number of carbonyl (C=O) groups is 1. The number of rotatable bonds is 5. The lowest BCUT2D eigenvalue weighted by Gasteiger charge is -2.20. The lowest BCUT2D eigenvalue weighted by molar-refractivity contribution is -0.128. The molecule has 0 spiro atoms. The Morgan fingerprint density at radius 3 is 2.67 bits per heavy atom. The smallest absolute Gasteiger partial charge is 0.227 e. The molecule has 0 saturated heterocycles. The van der Waals surface area contributed by atoms with Gasteiger partial charge in [-0.2, -0.15) is 0 Å². The first-order valence-corrected chi connectivity index (χ1v) is 6.14. The van der Waals surface area contributed by atoms with Crippen molar-refractivity contribution in [2.75, 3.05) is 13.0 Å². The maximum Gasteiger partial charge on any atom is 0.227 e. The standard InChI is InChI=1S/C13H18ClNO3/c1-13(2,8-14)12(17)15-7-9-4-5-11(18-3)10(16)6-9/h4-6,16H,7-8H2,1-3H3,(H,15,17). The van der Waals surface area contributed by atoms with E-state index in [1.165, 1.54) is 7.11 Å². The van der Waals surface area contributed by atoms with E-state index in [-0.39, 0.29) is 17.5 Å². The lowest BCUT2D eigenvalue weighted by Crippen LogP contribution is -2.37. The van der Waals surface area contributed by atoms with E-state index in [1.54, 1.807) is 32.0 Å². The van der Waals surface area contributed by atoms with Crippen LogP contribution in [0.1, 0.15) is 19.4 Å². The zero-order valence-electron chi connectivity index (χ0n) is 10.8. The normalized spacial score (nSPS) is 11.1. The first-order valence-electron chi connectivity index (χ1n) is 5.61. The van der Waals surface area contributed by atoms with Crippen LogP contribution in [0.2, 0.25) is 0 Å². The van der Waals surface area contributed by atoms with Crippen LogP contribution in [0.3, 0.4) is 0 Å². The van der Waals surface area contributed by atoms with E-state index in [0.29, 0.717) is 12.3 Å². The summed E-state index contributed by atoms with van der Waals surface area (Å²) in [4.78, 5) is 11.8. The van der Waals surface area contributed by atoms with Crippen LogP contribution in [0.5, 0.6) is 11.5 Å². The summed E-state index contributed by atoms with van der Waals surface area (Å²) in [5.41, 5.74) is 0.197. The minimum atomic E-state index is -0.601. The van der Waals surface area contributed by atoms with E-state index in [9.17, 15) is 9.90 Å². The molecule has 0 bridgehead atoms. The Labute approximate surface area is 112 Å². The molecule has 1 aromatic rings. The van der Waals surface area contributed by atoms with Crippen LogP contribution in [0.25, 0.3) is 0 Å². The molecule has 0 aliphatic carbocycles. The molecule has 0 aliphatic rings. The Kier molecular flexibility index (Phi) is 4.84. The number of hydrogen-bond acceptors (Lipinski definition) is 3. The van der Waals surface area contributed by atoms with Crippen LogP contribution in [0, 0.1) is 5.41 Å². The van der Waals surface area contributed by atoms with Gasteiger partial charge in [0.1, 0.15) is 0 Å². The molecule has 0 radical (unpaired) electrons. The topological polar surface area (TPSA) is 58.6 Å². The van der Waals surface area contributed by atoms with Gasteiger partial charge >= 0.3 is 0 Å². The van der Waals surface area contributed by atoms with Gasteiger partial charge in [0.25, 0.3) is 0 Å². The molecular weight excluding hydrogens is 254 g/mol.